The van der Waals surface area contributed by atoms with Crippen LogP contribution in [0, 0.1) is 6.92 Å². The van der Waals surface area contributed by atoms with Crippen LogP contribution in [0.3, 0.4) is 0 Å². The second-order valence-corrected chi connectivity index (χ2v) is 4.87. The predicted octanol–water partition coefficient (Wildman–Crippen LogP) is 2.02. The Morgan fingerprint density at radius 3 is 3.00 bits per heavy atom. The molecule has 0 fully saturated rings. The van der Waals surface area contributed by atoms with Crippen LogP contribution in [-0.2, 0) is 6.54 Å². The normalized spacial score (nSPS) is 10.8. The van der Waals surface area contributed by atoms with E-state index in [9.17, 15) is 0 Å². The van der Waals surface area contributed by atoms with Crippen LogP contribution in [0.2, 0.25) is 0 Å². The highest BCUT2D eigenvalue weighted by Crippen LogP contribution is 2.23. The van der Waals surface area contributed by atoms with Crippen LogP contribution in [0.4, 0.5) is 0 Å². The van der Waals surface area contributed by atoms with Gasteiger partial charge in [-0.25, -0.2) is 4.98 Å². The van der Waals surface area contributed by atoms with Crippen molar-refractivity contribution >= 4 is 11.3 Å². The van der Waals surface area contributed by atoms with E-state index >= 15 is 0 Å². The molecule has 2 N–H and O–H groups in total. The van der Waals surface area contributed by atoms with Crippen LogP contribution in [0.15, 0.2) is 28.2 Å². The smallest absolute Gasteiger partial charge is 0.277 e. The van der Waals surface area contributed by atoms with E-state index in [1.165, 1.54) is 11.3 Å². The van der Waals surface area contributed by atoms with E-state index in [2.05, 4.69) is 20.1 Å². The van der Waals surface area contributed by atoms with Crippen LogP contribution < -0.4 is 5.73 Å². The third-order valence-corrected chi connectivity index (χ3v) is 3.46. The lowest BCUT2D eigenvalue weighted by atomic mass is 10.2. The molecule has 0 unspecified atom stereocenters. The molecule has 0 bridgehead atoms. The molecule has 0 aromatic carbocycles. The number of hydrogen-bond acceptors (Lipinski definition) is 7. The number of aromatic nitrogens is 4. The molecule has 6 nitrogen and oxygen atoms in total. The van der Waals surface area contributed by atoms with Gasteiger partial charge in [-0.15, -0.1) is 11.3 Å². The Bertz CT molecular complexity index is 705. The van der Waals surface area contributed by atoms with Crippen molar-refractivity contribution in [2.24, 2.45) is 5.73 Å². The molecule has 0 saturated heterocycles. The zero-order valence-corrected chi connectivity index (χ0v) is 11.0. The molecule has 0 amide bonds. The number of pyridine rings is 1. The van der Waals surface area contributed by atoms with E-state index in [4.69, 9.17) is 10.3 Å². The van der Waals surface area contributed by atoms with E-state index in [1.807, 2.05) is 24.4 Å². The summed E-state index contributed by atoms with van der Waals surface area (Å²) in [6, 6.07) is 3.82. The maximum absolute atomic E-state index is 5.53. The Hall–Kier alpha value is -2.12. The van der Waals surface area contributed by atoms with Crippen molar-refractivity contribution in [2.45, 2.75) is 13.5 Å². The van der Waals surface area contributed by atoms with E-state index in [0.29, 0.717) is 29.6 Å². The molecule has 7 heteroatoms. The Morgan fingerprint density at radius 1 is 1.37 bits per heavy atom. The van der Waals surface area contributed by atoms with E-state index in [1.54, 1.807) is 6.20 Å². The van der Waals surface area contributed by atoms with E-state index in [0.717, 1.165) is 10.6 Å². The minimum absolute atomic E-state index is 0.385. The molecule has 0 saturated carbocycles. The molecular formula is C12H11N5OS. The number of nitrogens with two attached hydrogens (primary N) is 1. The topological polar surface area (TPSA) is 90.7 Å². The summed E-state index contributed by atoms with van der Waals surface area (Å²) in [5, 5.41) is 6.63. The monoisotopic (exact) mass is 273 g/mol. The molecule has 0 atom stereocenters. The van der Waals surface area contributed by atoms with Gasteiger partial charge < -0.3 is 10.3 Å². The zero-order valence-electron chi connectivity index (χ0n) is 10.2. The number of thiazole rings is 1. The van der Waals surface area contributed by atoms with Gasteiger partial charge in [0.2, 0.25) is 5.82 Å². The zero-order chi connectivity index (χ0) is 13.2. The lowest BCUT2D eigenvalue weighted by molar-refractivity contribution is 0.431. The molecule has 0 spiro atoms. The maximum atomic E-state index is 5.53. The fraction of sp³-hybridized carbons (Fsp3) is 0.167. The predicted molar refractivity (Wildman–Crippen MR) is 71.3 cm³/mol. The van der Waals surface area contributed by atoms with Crippen molar-refractivity contribution in [2.75, 3.05) is 0 Å². The quantitative estimate of drug-likeness (QED) is 0.785. The molecule has 0 aliphatic carbocycles. The molecule has 3 aromatic heterocycles. The van der Waals surface area contributed by atoms with Gasteiger partial charge in [0.05, 0.1) is 0 Å². The third-order valence-electron chi connectivity index (χ3n) is 2.59. The van der Waals surface area contributed by atoms with Crippen molar-refractivity contribution in [1.82, 2.24) is 20.1 Å². The number of rotatable bonds is 3. The maximum Gasteiger partial charge on any atom is 0.277 e. The van der Waals surface area contributed by atoms with Gasteiger partial charge in [-0.1, -0.05) is 11.2 Å². The Labute approximate surface area is 113 Å². The summed E-state index contributed by atoms with van der Waals surface area (Å²) in [5.74, 6) is 0.853. The van der Waals surface area contributed by atoms with Crippen LogP contribution in [-0.4, -0.2) is 20.1 Å². The summed E-state index contributed by atoms with van der Waals surface area (Å²) in [7, 11) is 0. The van der Waals surface area contributed by atoms with Gasteiger partial charge in [0.1, 0.15) is 16.4 Å². The Morgan fingerprint density at radius 2 is 2.26 bits per heavy atom. The second kappa shape index (κ2) is 4.87. The van der Waals surface area contributed by atoms with E-state index < -0.39 is 0 Å². The first-order valence-electron chi connectivity index (χ1n) is 5.68. The number of aryl methyl sites for hydroxylation is 1. The highest BCUT2D eigenvalue weighted by Gasteiger charge is 2.15. The summed E-state index contributed by atoms with van der Waals surface area (Å²) >= 11 is 1.47. The molecule has 0 aliphatic rings. The van der Waals surface area contributed by atoms with Crippen LogP contribution in [0.5, 0.6) is 0 Å². The van der Waals surface area contributed by atoms with Gasteiger partial charge in [-0.3, -0.25) is 4.98 Å². The average molecular weight is 273 g/mol. The highest BCUT2D eigenvalue weighted by molar-refractivity contribution is 7.09. The molecule has 0 radical (unpaired) electrons. The Kier molecular flexibility index (Phi) is 3.06. The minimum Gasteiger partial charge on any atom is -0.332 e. The van der Waals surface area contributed by atoms with Crippen LogP contribution in [0.1, 0.15) is 10.6 Å². The van der Waals surface area contributed by atoms with Crippen molar-refractivity contribution in [3.05, 3.63) is 34.3 Å². The molecule has 0 aliphatic heterocycles. The van der Waals surface area contributed by atoms with Crippen LogP contribution in [0.25, 0.3) is 23.1 Å². The Balaban J connectivity index is 1.97. The number of hydrogen-bond donors (Lipinski definition) is 1. The first-order chi connectivity index (χ1) is 9.28. The number of nitrogens with zero attached hydrogens (tertiary/aromatic N) is 4. The van der Waals surface area contributed by atoms with Crippen molar-refractivity contribution in [3.8, 4) is 23.1 Å². The lowest BCUT2D eigenvalue weighted by Crippen LogP contribution is -1.94. The lowest BCUT2D eigenvalue weighted by Gasteiger charge is -1.96. The molecule has 3 heterocycles. The summed E-state index contributed by atoms with van der Waals surface area (Å²) in [5.41, 5.74) is 7.89. The molecule has 3 rings (SSSR count). The minimum atomic E-state index is 0.385. The van der Waals surface area contributed by atoms with Gasteiger partial charge in [-0.05, 0) is 18.6 Å². The third kappa shape index (κ3) is 2.25. The van der Waals surface area contributed by atoms with Crippen molar-refractivity contribution < 1.29 is 4.52 Å². The summed E-state index contributed by atoms with van der Waals surface area (Å²) < 4.78 is 5.22. The highest BCUT2D eigenvalue weighted by atomic mass is 32.1. The van der Waals surface area contributed by atoms with Gasteiger partial charge in [-0.2, -0.15) is 4.98 Å². The fourth-order valence-corrected chi connectivity index (χ4v) is 2.29. The molecule has 19 heavy (non-hydrogen) atoms. The van der Waals surface area contributed by atoms with Gasteiger partial charge >= 0.3 is 0 Å². The summed E-state index contributed by atoms with van der Waals surface area (Å²) in [6.45, 7) is 2.36. The summed E-state index contributed by atoms with van der Waals surface area (Å²) in [4.78, 5) is 12.9. The molecule has 3 aromatic rings. The van der Waals surface area contributed by atoms with Gasteiger partial charge in [0.25, 0.3) is 5.89 Å². The SMILES string of the molecule is Cc1cccnc1-c1noc(-c2csc(CN)n2)n1. The van der Waals surface area contributed by atoms with Gasteiger partial charge in [0, 0.05) is 18.1 Å². The van der Waals surface area contributed by atoms with Crippen molar-refractivity contribution in [1.29, 1.82) is 0 Å². The van der Waals surface area contributed by atoms with Crippen molar-refractivity contribution in [3.63, 3.8) is 0 Å². The largest absolute Gasteiger partial charge is 0.332 e. The molecular weight excluding hydrogens is 262 g/mol. The molecule has 96 valence electrons. The second-order valence-electron chi connectivity index (χ2n) is 3.92. The van der Waals surface area contributed by atoms with Gasteiger partial charge in [0.15, 0.2) is 0 Å². The average Bonchev–Trinajstić information content (AvgIpc) is 3.08. The summed E-state index contributed by atoms with van der Waals surface area (Å²) in [6.07, 6.45) is 1.70. The first kappa shape index (κ1) is 11.9. The van der Waals surface area contributed by atoms with E-state index in [-0.39, 0.29) is 0 Å². The fourth-order valence-electron chi connectivity index (χ4n) is 1.65. The van der Waals surface area contributed by atoms with Crippen LogP contribution >= 0.6 is 11.3 Å². The first-order valence-corrected chi connectivity index (χ1v) is 6.56. The standard InChI is InChI=1S/C12H11N5OS/c1-7-3-2-4-14-10(7)11-16-12(18-17-11)8-6-19-9(5-13)15-8/h2-4,6H,5,13H2,1H3.